The van der Waals surface area contributed by atoms with Crippen molar-refractivity contribution in [3.63, 3.8) is 0 Å². The standard InChI is InChI=1S/C10H14N2O3S/c1-5(2)15-9(13)7-6(3)11-10(14)12-8(7)16-4/h5H,1-4H3,(H,11,12,14). The molecule has 0 saturated carbocycles. The molecule has 0 atom stereocenters. The normalized spacial score (nSPS) is 10.6. The first-order chi connectivity index (χ1) is 7.45. The number of nitrogens with zero attached hydrogens (tertiary/aromatic N) is 1. The number of carbonyl (C=O) groups excluding carboxylic acids is 1. The van der Waals surface area contributed by atoms with Crippen LogP contribution in [-0.4, -0.2) is 28.3 Å². The van der Waals surface area contributed by atoms with Crippen LogP contribution in [0.4, 0.5) is 0 Å². The van der Waals surface area contributed by atoms with E-state index < -0.39 is 11.7 Å². The van der Waals surface area contributed by atoms with E-state index in [1.807, 2.05) is 0 Å². The first-order valence-corrected chi connectivity index (χ1v) is 6.04. The molecular weight excluding hydrogens is 228 g/mol. The topological polar surface area (TPSA) is 72.0 Å². The maximum absolute atomic E-state index is 11.8. The zero-order chi connectivity index (χ0) is 12.3. The van der Waals surface area contributed by atoms with Crippen molar-refractivity contribution in [1.29, 1.82) is 0 Å². The Morgan fingerprint density at radius 1 is 1.50 bits per heavy atom. The van der Waals surface area contributed by atoms with Crippen LogP contribution in [0.5, 0.6) is 0 Å². The van der Waals surface area contributed by atoms with Crippen LogP contribution in [0.25, 0.3) is 0 Å². The third kappa shape index (κ3) is 2.85. The van der Waals surface area contributed by atoms with Crippen LogP contribution in [0, 0.1) is 6.92 Å². The summed E-state index contributed by atoms with van der Waals surface area (Å²) in [5.74, 6) is -0.458. The third-order valence-electron chi connectivity index (χ3n) is 1.83. The van der Waals surface area contributed by atoms with Crippen LogP contribution in [-0.2, 0) is 4.74 Å². The van der Waals surface area contributed by atoms with Gasteiger partial charge in [0, 0.05) is 5.69 Å². The molecule has 16 heavy (non-hydrogen) atoms. The molecule has 1 N–H and O–H groups in total. The zero-order valence-electron chi connectivity index (χ0n) is 9.66. The van der Waals surface area contributed by atoms with Crippen molar-refractivity contribution < 1.29 is 9.53 Å². The number of aromatic nitrogens is 2. The summed E-state index contributed by atoms with van der Waals surface area (Å²) in [7, 11) is 0. The van der Waals surface area contributed by atoms with Gasteiger partial charge in [-0.1, -0.05) is 0 Å². The van der Waals surface area contributed by atoms with Crippen LogP contribution in [0.1, 0.15) is 29.9 Å². The molecule has 0 aliphatic carbocycles. The van der Waals surface area contributed by atoms with E-state index in [0.29, 0.717) is 16.3 Å². The van der Waals surface area contributed by atoms with E-state index in [0.717, 1.165) is 0 Å². The van der Waals surface area contributed by atoms with Crippen molar-refractivity contribution in [2.24, 2.45) is 0 Å². The Morgan fingerprint density at radius 2 is 2.12 bits per heavy atom. The summed E-state index contributed by atoms with van der Waals surface area (Å²) in [6.07, 6.45) is 1.56. The molecule has 5 nitrogen and oxygen atoms in total. The van der Waals surface area contributed by atoms with Gasteiger partial charge in [-0.05, 0) is 27.0 Å². The number of ether oxygens (including phenoxy) is 1. The van der Waals surface area contributed by atoms with Gasteiger partial charge in [0.15, 0.2) is 0 Å². The molecule has 88 valence electrons. The van der Waals surface area contributed by atoms with E-state index in [2.05, 4.69) is 9.97 Å². The molecule has 1 heterocycles. The Morgan fingerprint density at radius 3 is 2.62 bits per heavy atom. The molecule has 1 aromatic heterocycles. The van der Waals surface area contributed by atoms with Crippen molar-refractivity contribution in [1.82, 2.24) is 9.97 Å². The summed E-state index contributed by atoms with van der Waals surface area (Å²) in [5, 5.41) is 0.395. The maximum atomic E-state index is 11.8. The fourth-order valence-corrected chi connectivity index (χ4v) is 1.84. The summed E-state index contributed by atoms with van der Waals surface area (Å²) < 4.78 is 5.09. The van der Waals surface area contributed by atoms with Crippen LogP contribution < -0.4 is 5.69 Å². The van der Waals surface area contributed by atoms with Gasteiger partial charge in [0.1, 0.15) is 10.6 Å². The molecule has 0 unspecified atom stereocenters. The van der Waals surface area contributed by atoms with Gasteiger partial charge in [-0.3, -0.25) is 0 Å². The molecule has 0 saturated heterocycles. The fourth-order valence-electron chi connectivity index (χ4n) is 1.22. The Balaban J connectivity index is 3.21. The number of nitrogens with one attached hydrogen (secondary N) is 1. The maximum Gasteiger partial charge on any atom is 0.346 e. The number of aryl methyl sites for hydroxylation is 1. The Kier molecular flexibility index (Phi) is 4.12. The van der Waals surface area contributed by atoms with Crippen LogP contribution >= 0.6 is 11.8 Å². The number of esters is 1. The summed E-state index contributed by atoms with van der Waals surface area (Å²) in [6, 6.07) is 0. The summed E-state index contributed by atoms with van der Waals surface area (Å²) in [5.41, 5.74) is 0.360. The lowest BCUT2D eigenvalue weighted by atomic mass is 10.2. The lowest BCUT2D eigenvalue weighted by Crippen LogP contribution is -2.21. The highest BCUT2D eigenvalue weighted by Crippen LogP contribution is 2.19. The van der Waals surface area contributed by atoms with E-state index in [9.17, 15) is 9.59 Å². The van der Waals surface area contributed by atoms with Gasteiger partial charge in [-0.25, -0.2) is 9.59 Å². The molecule has 0 fully saturated rings. The number of hydrogen-bond acceptors (Lipinski definition) is 5. The predicted octanol–water partition coefficient (Wildman–Crippen LogP) is 1.37. The smallest absolute Gasteiger partial charge is 0.346 e. The first-order valence-electron chi connectivity index (χ1n) is 4.81. The molecule has 0 aromatic carbocycles. The van der Waals surface area contributed by atoms with Gasteiger partial charge in [0.05, 0.1) is 6.10 Å². The quantitative estimate of drug-likeness (QED) is 0.492. The number of H-pyrrole nitrogens is 1. The van der Waals surface area contributed by atoms with E-state index in [1.165, 1.54) is 11.8 Å². The molecule has 0 aliphatic heterocycles. The van der Waals surface area contributed by atoms with Gasteiger partial charge < -0.3 is 9.72 Å². The highest BCUT2D eigenvalue weighted by Gasteiger charge is 2.19. The zero-order valence-corrected chi connectivity index (χ0v) is 10.5. The number of hydrogen-bond donors (Lipinski definition) is 1. The minimum absolute atomic E-state index is 0.200. The number of carbonyl (C=O) groups is 1. The van der Waals surface area contributed by atoms with Gasteiger partial charge in [-0.15, -0.1) is 11.8 Å². The molecule has 0 amide bonds. The van der Waals surface area contributed by atoms with Gasteiger partial charge in [0.2, 0.25) is 0 Å². The van der Waals surface area contributed by atoms with Crippen molar-refractivity contribution in [2.45, 2.75) is 31.9 Å². The van der Waals surface area contributed by atoms with Gasteiger partial charge in [-0.2, -0.15) is 4.98 Å². The van der Waals surface area contributed by atoms with Crippen LogP contribution in [0.15, 0.2) is 9.82 Å². The molecule has 1 rings (SSSR count). The molecular formula is C10H14N2O3S. The van der Waals surface area contributed by atoms with E-state index in [4.69, 9.17) is 4.74 Å². The number of aromatic amines is 1. The SMILES string of the molecule is CSc1nc(=O)[nH]c(C)c1C(=O)OC(C)C. The van der Waals surface area contributed by atoms with E-state index >= 15 is 0 Å². The Hall–Kier alpha value is -1.30. The largest absolute Gasteiger partial charge is 0.459 e. The summed E-state index contributed by atoms with van der Waals surface area (Å²) >= 11 is 1.25. The van der Waals surface area contributed by atoms with Gasteiger partial charge >= 0.3 is 11.7 Å². The highest BCUT2D eigenvalue weighted by molar-refractivity contribution is 7.98. The lowest BCUT2D eigenvalue weighted by molar-refractivity contribution is 0.0371. The Labute approximate surface area is 97.6 Å². The van der Waals surface area contributed by atoms with Crippen molar-refractivity contribution in [3.8, 4) is 0 Å². The van der Waals surface area contributed by atoms with E-state index in [1.54, 1.807) is 27.0 Å². The summed E-state index contributed by atoms with van der Waals surface area (Å²) in [4.78, 5) is 29.1. The number of rotatable bonds is 3. The highest BCUT2D eigenvalue weighted by atomic mass is 32.2. The molecule has 1 aromatic rings. The molecule has 6 heteroatoms. The van der Waals surface area contributed by atoms with Crippen LogP contribution in [0.3, 0.4) is 0 Å². The molecule has 0 spiro atoms. The number of thioether (sulfide) groups is 1. The average molecular weight is 242 g/mol. The second-order valence-electron chi connectivity index (χ2n) is 3.51. The van der Waals surface area contributed by atoms with Crippen LogP contribution in [0.2, 0.25) is 0 Å². The minimum Gasteiger partial charge on any atom is -0.459 e. The summed E-state index contributed by atoms with van der Waals surface area (Å²) in [6.45, 7) is 5.19. The molecule has 0 radical (unpaired) electrons. The third-order valence-corrected chi connectivity index (χ3v) is 2.51. The Bertz CT molecular complexity index is 454. The molecule has 0 aliphatic rings. The van der Waals surface area contributed by atoms with Crippen molar-refractivity contribution in [3.05, 3.63) is 21.7 Å². The van der Waals surface area contributed by atoms with Crippen molar-refractivity contribution in [2.75, 3.05) is 6.26 Å². The lowest BCUT2D eigenvalue weighted by Gasteiger charge is -2.11. The fraction of sp³-hybridized carbons (Fsp3) is 0.500. The average Bonchev–Trinajstić information content (AvgIpc) is 2.14. The van der Waals surface area contributed by atoms with E-state index in [-0.39, 0.29) is 6.10 Å². The second-order valence-corrected chi connectivity index (χ2v) is 4.30. The minimum atomic E-state index is -0.458. The predicted molar refractivity (Wildman–Crippen MR) is 61.9 cm³/mol. The monoisotopic (exact) mass is 242 g/mol. The van der Waals surface area contributed by atoms with Crippen molar-refractivity contribution >= 4 is 17.7 Å². The first kappa shape index (κ1) is 12.8. The second kappa shape index (κ2) is 5.16. The van der Waals surface area contributed by atoms with Gasteiger partial charge in [0.25, 0.3) is 0 Å². The molecule has 0 bridgehead atoms.